The molecule has 0 spiro atoms. The van der Waals surface area contributed by atoms with E-state index in [1.807, 2.05) is 30.3 Å². The van der Waals surface area contributed by atoms with Crippen LogP contribution in [0.1, 0.15) is 25.5 Å². The lowest BCUT2D eigenvalue weighted by molar-refractivity contribution is 0.415. The second-order valence-corrected chi connectivity index (χ2v) is 4.43. The quantitative estimate of drug-likeness (QED) is 0.900. The molecule has 0 saturated heterocycles. The lowest BCUT2D eigenvalue weighted by Gasteiger charge is -2.09. The summed E-state index contributed by atoms with van der Waals surface area (Å²) in [5.41, 5.74) is 7.67. The summed E-state index contributed by atoms with van der Waals surface area (Å²) in [5.74, 6) is 2.23. The zero-order valence-corrected chi connectivity index (χ0v) is 10.8. The summed E-state index contributed by atoms with van der Waals surface area (Å²) in [7, 11) is 1.64. The summed E-state index contributed by atoms with van der Waals surface area (Å²) in [4.78, 5) is 8.81. The number of methoxy groups -OCH3 is 1. The van der Waals surface area contributed by atoms with Crippen LogP contribution in [0.5, 0.6) is 5.75 Å². The van der Waals surface area contributed by atoms with Gasteiger partial charge in [-0.15, -0.1) is 0 Å². The Hall–Kier alpha value is -2.10. The molecule has 2 aromatic rings. The molecule has 4 nitrogen and oxygen atoms in total. The first-order chi connectivity index (χ1) is 8.60. The Morgan fingerprint density at radius 1 is 1.17 bits per heavy atom. The fourth-order valence-corrected chi connectivity index (χ4v) is 1.67. The van der Waals surface area contributed by atoms with Gasteiger partial charge in [0.25, 0.3) is 0 Å². The van der Waals surface area contributed by atoms with Gasteiger partial charge in [-0.3, -0.25) is 0 Å². The van der Waals surface area contributed by atoms with Crippen LogP contribution in [0.3, 0.4) is 0 Å². The van der Waals surface area contributed by atoms with E-state index in [0.717, 1.165) is 17.0 Å². The molecule has 2 N–H and O–H groups in total. The van der Waals surface area contributed by atoms with E-state index in [9.17, 15) is 0 Å². The van der Waals surface area contributed by atoms with Crippen molar-refractivity contribution in [1.29, 1.82) is 0 Å². The fraction of sp³-hybridized carbons (Fsp3) is 0.286. The Morgan fingerprint density at radius 3 is 2.61 bits per heavy atom. The molecule has 1 aromatic carbocycles. The van der Waals surface area contributed by atoms with E-state index in [0.29, 0.717) is 17.6 Å². The van der Waals surface area contributed by atoms with Crippen molar-refractivity contribution in [2.75, 3.05) is 12.8 Å². The molecule has 0 aliphatic carbocycles. The minimum atomic E-state index is 0.319. The van der Waals surface area contributed by atoms with E-state index in [1.165, 1.54) is 0 Å². The highest BCUT2D eigenvalue weighted by molar-refractivity contribution is 5.59. The predicted molar refractivity (Wildman–Crippen MR) is 72.5 cm³/mol. The number of nitrogens with two attached hydrogens (primary N) is 1. The number of benzene rings is 1. The molecule has 0 amide bonds. The maximum Gasteiger partial charge on any atom is 0.161 e. The first-order valence-corrected chi connectivity index (χ1v) is 5.89. The van der Waals surface area contributed by atoms with Crippen LogP contribution in [0.2, 0.25) is 0 Å². The second-order valence-electron chi connectivity index (χ2n) is 4.43. The number of hydrogen-bond donors (Lipinski definition) is 1. The third-order valence-electron chi connectivity index (χ3n) is 2.69. The van der Waals surface area contributed by atoms with Crippen LogP contribution in [-0.2, 0) is 0 Å². The van der Waals surface area contributed by atoms with E-state index in [4.69, 9.17) is 10.5 Å². The van der Waals surface area contributed by atoms with Crippen molar-refractivity contribution in [3.8, 4) is 17.1 Å². The number of rotatable bonds is 3. The molecular formula is C14H17N3O. The van der Waals surface area contributed by atoms with Gasteiger partial charge in [0.1, 0.15) is 11.6 Å². The molecule has 1 heterocycles. The predicted octanol–water partition coefficient (Wildman–Crippen LogP) is 2.86. The van der Waals surface area contributed by atoms with Gasteiger partial charge in [-0.25, -0.2) is 9.97 Å². The topological polar surface area (TPSA) is 61.0 Å². The summed E-state index contributed by atoms with van der Waals surface area (Å²) in [5, 5.41) is 0. The number of nitrogen functional groups attached to an aromatic ring is 1. The van der Waals surface area contributed by atoms with Crippen LogP contribution in [0.4, 0.5) is 5.82 Å². The normalized spacial score (nSPS) is 10.7. The molecule has 1 aromatic heterocycles. The van der Waals surface area contributed by atoms with Crippen molar-refractivity contribution in [3.05, 3.63) is 36.0 Å². The van der Waals surface area contributed by atoms with Crippen molar-refractivity contribution >= 4 is 5.82 Å². The Morgan fingerprint density at radius 2 is 1.94 bits per heavy atom. The van der Waals surface area contributed by atoms with E-state index in [2.05, 4.69) is 23.8 Å². The number of nitrogens with zero attached hydrogens (tertiary/aromatic N) is 2. The zero-order valence-electron chi connectivity index (χ0n) is 10.8. The van der Waals surface area contributed by atoms with Crippen LogP contribution in [0, 0.1) is 0 Å². The van der Waals surface area contributed by atoms with Gasteiger partial charge in [0.05, 0.1) is 7.11 Å². The van der Waals surface area contributed by atoms with Gasteiger partial charge < -0.3 is 10.5 Å². The third-order valence-corrected chi connectivity index (χ3v) is 2.69. The van der Waals surface area contributed by atoms with E-state index in [1.54, 1.807) is 7.11 Å². The Balaban J connectivity index is 2.49. The molecule has 18 heavy (non-hydrogen) atoms. The van der Waals surface area contributed by atoms with Gasteiger partial charge >= 0.3 is 0 Å². The minimum absolute atomic E-state index is 0.319. The molecule has 0 aliphatic rings. The van der Waals surface area contributed by atoms with Gasteiger partial charge in [-0.1, -0.05) is 26.0 Å². The molecule has 0 fully saturated rings. The summed E-state index contributed by atoms with van der Waals surface area (Å²) in [6, 6.07) is 9.46. The molecular weight excluding hydrogens is 226 g/mol. The van der Waals surface area contributed by atoms with Crippen LogP contribution >= 0.6 is 0 Å². The monoisotopic (exact) mass is 243 g/mol. The van der Waals surface area contributed by atoms with Crippen LogP contribution in [0.25, 0.3) is 11.4 Å². The largest absolute Gasteiger partial charge is 0.497 e. The van der Waals surface area contributed by atoms with Crippen LogP contribution < -0.4 is 10.5 Å². The molecule has 0 atom stereocenters. The molecule has 0 aliphatic heterocycles. The van der Waals surface area contributed by atoms with E-state index in [-0.39, 0.29) is 0 Å². The number of hydrogen-bond acceptors (Lipinski definition) is 4. The lowest BCUT2D eigenvalue weighted by atomic mass is 10.1. The molecule has 0 unspecified atom stereocenters. The average molecular weight is 243 g/mol. The summed E-state index contributed by atoms with van der Waals surface area (Å²) in [6.07, 6.45) is 0. The maximum absolute atomic E-state index is 5.82. The van der Waals surface area contributed by atoms with E-state index < -0.39 is 0 Å². The molecule has 94 valence electrons. The molecule has 0 bridgehead atoms. The van der Waals surface area contributed by atoms with Crippen molar-refractivity contribution in [2.45, 2.75) is 19.8 Å². The highest BCUT2D eigenvalue weighted by Gasteiger charge is 2.08. The van der Waals surface area contributed by atoms with Gasteiger partial charge in [-0.05, 0) is 18.1 Å². The van der Waals surface area contributed by atoms with Gasteiger partial charge in [-0.2, -0.15) is 0 Å². The standard InChI is InChI=1S/C14H17N3O/c1-9(2)12-8-13(15)17-14(16-12)10-5-4-6-11(7-10)18-3/h4-9H,1-3H3,(H2,15,16,17). The zero-order chi connectivity index (χ0) is 13.1. The van der Waals surface area contributed by atoms with Crippen molar-refractivity contribution in [1.82, 2.24) is 9.97 Å². The highest BCUT2D eigenvalue weighted by atomic mass is 16.5. The number of aromatic nitrogens is 2. The fourth-order valence-electron chi connectivity index (χ4n) is 1.67. The number of anilines is 1. The van der Waals surface area contributed by atoms with Crippen LogP contribution in [-0.4, -0.2) is 17.1 Å². The summed E-state index contributed by atoms with van der Waals surface area (Å²) >= 11 is 0. The third kappa shape index (κ3) is 2.59. The first-order valence-electron chi connectivity index (χ1n) is 5.89. The average Bonchev–Trinajstić information content (AvgIpc) is 2.38. The smallest absolute Gasteiger partial charge is 0.161 e. The van der Waals surface area contributed by atoms with Gasteiger partial charge in [0.2, 0.25) is 0 Å². The molecule has 0 radical (unpaired) electrons. The van der Waals surface area contributed by atoms with Crippen molar-refractivity contribution < 1.29 is 4.74 Å². The second kappa shape index (κ2) is 5.04. The van der Waals surface area contributed by atoms with Crippen molar-refractivity contribution in [3.63, 3.8) is 0 Å². The Kier molecular flexibility index (Phi) is 3.46. The Labute approximate surface area is 107 Å². The maximum atomic E-state index is 5.82. The van der Waals surface area contributed by atoms with E-state index >= 15 is 0 Å². The van der Waals surface area contributed by atoms with Crippen molar-refractivity contribution in [2.24, 2.45) is 0 Å². The highest BCUT2D eigenvalue weighted by Crippen LogP contribution is 2.23. The first kappa shape index (κ1) is 12.4. The summed E-state index contributed by atoms with van der Waals surface area (Å²) < 4.78 is 5.20. The van der Waals surface area contributed by atoms with Gasteiger partial charge in [0, 0.05) is 17.3 Å². The van der Waals surface area contributed by atoms with Gasteiger partial charge in [0.15, 0.2) is 5.82 Å². The molecule has 0 saturated carbocycles. The van der Waals surface area contributed by atoms with Crippen LogP contribution in [0.15, 0.2) is 30.3 Å². The Bertz CT molecular complexity index is 552. The molecule has 2 rings (SSSR count). The molecule has 4 heteroatoms. The lowest BCUT2D eigenvalue weighted by Crippen LogP contribution is -2.01. The minimum Gasteiger partial charge on any atom is -0.497 e. The summed E-state index contributed by atoms with van der Waals surface area (Å²) in [6.45, 7) is 4.16. The number of ether oxygens (including phenoxy) is 1. The SMILES string of the molecule is COc1cccc(-c2nc(N)cc(C(C)C)n2)c1.